The van der Waals surface area contributed by atoms with Crippen LogP contribution in [0.25, 0.3) is 0 Å². The summed E-state index contributed by atoms with van der Waals surface area (Å²) < 4.78 is 12.7. The average Bonchev–Trinajstić information content (AvgIpc) is 2.73. The average molecular weight is 241 g/mol. The molecule has 0 aliphatic rings. The minimum Gasteiger partial charge on any atom is -0.352 e. The van der Waals surface area contributed by atoms with Gasteiger partial charge in [-0.15, -0.1) is 0 Å². The van der Waals surface area contributed by atoms with E-state index in [0.717, 1.165) is 0 Å². The second kappa shape index (κ2) is 7.42. The summed E-state index contributed by atoms with van der Waals surface area (Å²) in [5, 5.41) is 7.53. The fourth-order valence-corrected chi connectivity index (χ4v) is 1.59. The maximum absolute atomic E-state index is 5.47. The molecule has 5 heteroatoms. The Balaban J connectivity index is 2.37. The molecular weight excluding hydrogens is 218 g/mol. The minimum atomic E-state index is -0.177. The lowest BCUT2D eigenvalue weighted by atomic mass is 10.2. The van der Waals surface area contributed by atoms with Gasteiger partial charge in [-0.3, -0.25) is 4.68 Å². The SMILES string of the molecule is CCOC(CNC(C)c1cnn(C)c1)OCC. The van der Waals surface area contributed by atoms with Crippen molar-refractivity contribution in [1.29, 1.82) is 0 Å². The summed E-state index contributed by atoms with van der Waals surface area (Å²) >= 11 is 0. The maximum atomic E-state index is 5.47. The molecule has 1 atom stereocenters. The van der Waals surface area contributed by atoms with Gasteiger partial charge in [-0.25, -0.2) is 0 Å². The molecule has 17 heavy (non-hydrogen) atoms. The summed E-state index contributed by atoms with van der Waals surface area (Å²) in [5.41, 5.74) is 1.17. The van der Waals surface area contributed by atoms with Crippen molar-refractivity contribution in [1.82, 2.24) is 15.1 Å². The van der Waals surface area contributed by atoms with Crippen LogP contribution in [0.2, 0.25) is 0 Å². The maximum Gasteiger partial charge on any atom is 0.169 e. The van der Waals surface area contributed by atoms with E-state index in [1.165, 1.54) is 5.56 Å². The number of hydrogen-bond acceptors (Lipinski definition) is 4. The Morgan fingerprint density at radius 1 is 1.35 bits per heavy atom. The lowest BCUT2D eigenvalue weighted by Gasteiger charge is -2.20. The lowest BCUT2D eigenvalue weighted by molar-refractivity contribution is -0.133. The van der Waals surface area contributed by atoms with Crippen molar-refractivity contribution in [3.8, 4) is 0 Å². The van der Waals surface area contributed by atoms with Crippen LogP contribution in [0.15, 0.2) is 12.4 Å². The number of rotatable bonds is 8. The second-order valence-corrected chi connectivity index (χ2v) is 3.92. The van der Waals surface area contributed by atoms with Gasteiger partial charge >= 0.3 is 0 Å². The lowest BCUT2D eigenvalue weighted by Crippen LogP contribution is -2.33. The molecule has 1 aromatic heterocycles. The van der Waals surface area contributed by atoms with Crippen LogP contribution < -0.4 is 5.32 Å². The van der Waals surface area contributed by atoms with Crippen molar-refractivity contribution in [2.75, 3.05) is 19.8 Å². The van der Waals surface area contributed by atoms with Gasteiger partial charge in [-0.2, -0.15) is 5.10 Å². The molecule has 0 saturated heterocycles. The Morgan fingerprint density at radius 2 is 2.00 bits per heavy atom. The minimum absolute atomic E-state index is 0.177. The number of nitrogens with zero attached hydrogens (tertiary/aromatic N) is 2. The third-order valence-corrected chi connectivity index (χ3v) is 2.52. The number of nitrogens with one attached hydrogen (secondary N) is 1. The van der Waals surface area contributed by atoms with Gasteiger partial charge in [0, 0.05) is 44.6 Å². The second-order valence-electron chi connectivity index (χ2n) is 3.92. The van der Waals surface area contributed by atoms with E-state index in [2.05, 4.69) is 17.3 Å². The van der Waals surface area contributed by atoms with E-state index in [4.69, 9.17) is 9.47 Å². The molecule has 0 fully saturated rings. The zero-order valence-electron chi connectivity index (χ0n) is 11.1. The van der Waals surface area contributed by atoms with E-state index in [1.807, 2.05) is 33.3 Å². The molecule has 0 aliphatic heterocycles. The molecule has 1 heterocycles. The molecule has 5 nitrogen and oxygen atoms in total. The molecule has 1 N–H and O–H groups in total. The summed E-state index contributed by atoms with van der Waals surface area (Å²) in [6.45, 7) is 8.04. The van der Waals surface area contributed by atoms with Crippen LogP contribution in [-0.2, 0) is 16.5 Å². The number of ether oxygens (including phenoxy) is 2. The largest absolute Gasteiger partial charge is 0.352 e. The smallest absolute Gasteiger partial charge is 0.169 e. The highest BCUT2D eigenvalue weighted by Crippen LogP contribution is 2.10. The summed E-state index contributed by atoms with van der Waals surface area (Å²) in [5.74, 6) is 0. The highest BCUT2D eigenvalue weighted by Gasteiger charge is 2.11. The monoisotopic (exact) mass is 241 g/mol. The molecule has 0 radical (unpaired) electrons. The molecule has 0 amide bonds. The first-order chi connectivity index (χ1) is 8.17. The first-order valence-corrected chi connectivity index (χ1v) is 6.12. The fraction of sp³-hybridized carbons (Fsp3) is 0.750. The quantitative estimate of drug-likeness (QED) is 0.700. The molecule has 0 bridgehead atoms. The summed E-state index contributed by atoms with van der Waals surface area (Å²) in [6, 6.07) is 0.243. The highest BCUT2D eigenvalue weighted by molar-refractivity contribution is 5.08. The Hall–Kier alpha value is -0.910. The van der Waals surface area contributed by atoms with Crippen molar-refractivity contribution in [2.45, 2.75) is 33.1 Å². The van der Waals surface area contributed by atoms with Gasteiger partial charge in [0.15, 0.2) is 6.29 Å². The predicted molar refractivity (Wildman–Crippen MR) is 66.7 cm³/mol. The fourth-order valence-electron chi connectivity index (χ4n) is 1.59. The molecule has 0 spiro atoms. The standard InChI is InChI=1S/C12H23N3O2/c1-5-16-12(17-6-2)8-13-10(3)11-7-14-15(4)9-11/h7,9-10,12-13H,5-6,8H2,1-4H3. The van der Waals surface area contributed by atoms with E-state index in [9.17, 15) is 0 Å². The van der Waals surface area contributed by atoms with Crippen molar-refractivity contribution in [3.63, 3.8) is 0 Å². The van der Waals surface area contributed by atoms with Crippen molar-refractivity contribution in [3.05, 3.63) is 18.0 Å². The normalized spacial score (nSPS) is 13.2. The Labute approximate surface area is 103 Å². The molecule has 0 aromatic carbocycles. The van der Waals surface area contributed by atoms with Gasteiger partial charge in [0.2, 0.25) is 0 Å². The first kappa shape index (κ1) is 14.2. The first-order valence-electron chi connectivity index (χ1n) is 6.12. The van der Waals surface area contributed by atoms with Crippen LogP contribution in [-0.4, -0.2) is 35.8 Å². The summed E-state index contributed by atoms with van der Waals surface area (Å²) in [4.78, 5) is 0. The van der Waals surface area contributed by atoms with Crippen LogP contribution >= 0.6 is 0 Å². The Morgan fingerprint density at radius 3 is 2.47 bits per heavy atom. The third-order valence-electron chi connectivity index (χ3n) is 2.52. The van der Waals surface area contributed by atoms with Crippen molar-refractivity contribution in [2.24, 2.45) is 7.05 Å². The van der Waals surface area contributed by atoms with Crippen LogP contribution in [0, 0.1) is 0 Å². The van der Waals surface area contributed by atoms with Gasteiger partial charge in [0.1, 0.15) is 0 Å². The molecule has 1 aromatic rings. The number of hydrogen-bond donors (Lipinski definition) is 1. The van der Waals surface area contributed by atoms with E-state index in [0.29, 0.717) is 19.8 Å². The Bertz CT molecular complexity index is 308. The van der Waals surface area contributed by atoms with Crippen LogP contribution in [0.1, 0.15) is 32.4 Å². The summed E-state index contributed by atoms with van der Waals surface area (Å²) in [7, 11) is 1.92. The Kier molecular flexibility index (Phi) is 6.18. The highest BCUT2D eigenvalue weighted by atomic mass is 16.7. The van der Waals surface area contributed by atoms with Gasteiger partial charge in [0.25, 0.3) is 0 Å². The number of aromatic nitrogens is 2. The van der Waals surface area contributed by atoms with Crippen molar-refractivity contribution < 1.29 is 9.47 Å². The van der Waals surface area contributed by atoms with Crippen molar-refractivity contribution >= 4 is 0 Å². The van der Waals surface area contributed by atoms with Crippen LogP contribution in [0.3, 0.4) is 0 Å². The topological polar surface area (TPSA) is 48.3 Å². The molecule has 0 aliphatic carbocycles. The van der Waals surface area contributed by atoms with E-state index in [1.54, 1.807) is 4.68 Å². The molecule has 1 rings (SSSR count). The number of aryl methyl sites for hydroxylation is 1. The molecule has 1 unspecified atom stereocenters. The van der Waals surface area contributed by atoms with Gasteiger partial charge in [0.05, 0.1) is 6.20 Å². The van der Waals surface area contributed by atoms with E-state index < -0.39 is 0 Å². The van der Waals surface area contributed by atoms with Gasteiger partial charge in [-0.05, 0) is 20.8 Å². The zero-order valence-corrected chi connectivity index (χ0v) is 11.1. The summed E-state index contributed by atoms with van der Waals surface area (Å²) in [6.07, 6.45) is 3.70. The molecule has 98 valence electrons. The molecular formula is C12H23N3O2. The van der Waals surface area contributed by atoms with E-state index >= 15 is 0 Å². The van der Waals surface area contributed by atoms with Crippen LogP contribution in [0.5, 0.6) is 0 Å². The van der Waals surface area contributed by atoms with Gasteiger partial charge in [-0.1, -0.05) is 0 Å². The molecule has 0 saturated carbocycles. The third kappa shape index (κ3) is 4.85. The predicted octanol–water partition coefficient (Wildman–Crippen LogP) is 1.47. The van der Waals surface area contributed by atoms with Crippen LogP contribution in [0.4, 0.5) is 0 Å². The zero-order chi connectivity index (χ0) is 12.7. The van der Waals surface area contributed by atoms with Gasteiger partial charge < -0.3 is 14.8 Å². The van der Waals surface area contributed by atoms with E-state index in [-0.39, 0.29) is 12.3 Å².